The minimum atomic E-state index is -0.110. The van der Waals surface area contributed by atoms with Crippen LogP contribution in [-0.4, -0.2) is 34.0 Å². The first-order valence-electron chi connectivity index (χ1n) is 6.57. The fourth-order valence-corrected chi connectivity index (χ4v) is 2.00. The first-order chi connectivity index (χ1) is 8.47. The van der Waals surface area contributed by atoms with Gasteiger partial charge in [-0.3, -0.25) is 4.79 Å². The molecule has 0 bridgehead atoms. The van der Waals surface area contributed by atoms with E-state index in [9.17, 15) is 4.79 Å². The highest BCUT2D eigenvalue weighted by Gasteiger charge is 2.22. The lowest BCUT2D eigenvalue weighted by Crippen LogP contribution is -2.27. The molecule has 1 saturated heterocycles. The quantitative estimate of drug-likeness (QED) is 0.823. The first-order valence-corrected chi connectivity index (χ1v) is 6.57. The summed E-state index contributed by atoms with van der Waals surface area (Å²) >= 11 is 0. The van der Waals surface area contributed by atoms with Crippen LogP contribution in [0.1, 0.15) is 51.7 Å². The van der Waals surface area contributed by atoms with Crippen molar-refractivity contribution in [3.05, 3.63) is 11.7 Å². The summed E-state index contributed by atoms with van der Waals surface area (Å²) in [5.74, 6) is 1.46. The van der Waals surface area contributed by atoms with Gasteiger partial charge in [0.2, 0.25) is 11.8 Å². The number of rotatable bonds is 3. The van der Waals surface area contributed by atoms with E-state index in [-0.39, 0.29) is 11.3 Å². The number of nitrogens with zero attached hydrogens (tertiary/aromatic N) is 3. The number of hydrogen-bond acceptors (Lipinski definition) is 4. The van der Waals surface area contributed by atoms with Gasteiger partial charge in [-0.25, -0.2) is 0 Å². The molecule has 0 radical (unpaired) electrons. The van der Waals surface area contributed by atoms with E-state index in [1.807, 2.05) is 25.7 Å². The van der Waals surface area contributed by atoms with Gasteiger partial charge in [-0.2, -0.15) is 4.98 Å². The Labute approximate surface area is 108 Å². The van der Waals surface area contributed by atoms with E-state index in [0.717, 1.165) is 25.9 Å². The molecule has 0 aliphatic carbocycles. The largest absolute Gasteiger partial charge is 0.343 e. The normalized spacial score (nSPS) is 16.3. The molecule has 0 aromatic carbocycles. The van der Waals surface area contributed by atoms with E-state index in [4.69, 9.17) is 4.52 Å². The average Bonchev–Trinajstić information content (AvgIpc) is 2.96. The minimum absolute atomic E-state index is 0.110. The van der Waals surface area contributed by atoms with Crippen LogP contribution in [0.25, 0.3) is 0 Å². The lowest BCUT2D eigenvalue weighted by atomic mass is 9.96. The number of amides is 1. The molecule has 1 aromatic heterocycles. The van der Waals surface area contributed by atoms with Gasteiger partial charge in [0.15, 0.2) is 5.82 Å². The molecule has 5 nitrogen and oxygen atoms in total. The van der Waals surface area contributed by atoms with Gasteiger partial charge in [-0.15, -0.1) is 0 Å². The lowest BCUT2D eigenvalue weighted by molar-refractivity contribution is -0.130. The molecule has 100 valence electrons. The molecular weight excluding hydrogens is 230 g/mol. The van der Waals surface area contributed by atoms with Gasteiger partial charge < -0.3 is 9.42 Å². The maximum Gasteiger partial charge on any atom is 0.227 e. The second-order valence-electron chi connectivity index (χ2n) is 5.85. The fraction of sp³-hybridized carbons (Fsp3) is 0.769. The third kappa shape index (κ3) is 3.09. The van der Waals surface area contributed by atoms with Crippen molar-refractivity contribution >= 4 is 5.91 Å². The average molecular weight is 251 g/mol. The van der Waals surface area contributed by atoms with Crippen LogP contribution in [0.15, 0.2) is 4.52 Å². The maximum absolute atomic E-state index is 11.9. The third-order valence-electron chi connectivity index (χ3n) is 3.15. The Hall–Kier alpha value is -1.39. The Morgan fingerprint density at radius 3 is 2.56 bits per heavy atom. The van der Waals surface area contributed by atoms with Crippen LogP contribution in [0, 0.1) is 0 Å². The van der Waals surface area contributed by atoms with Crippen molar-refractivity contribution < 1.29 is 9.32 Å². The molecule has 1 amide bonds. The highest BCUT2D eigenvalue weighted by atomic mass is 16.5. The Balaban J connectivity index is 1.86. The number of likely N-dealkylation sites (tertiary alicyclic amines) is 1. The van der Waals surface area contributed by atoms with Crippen molar-refractivity contribution in [1.29, 1.82) is 0 Å². The molecule has 1 aliphatic heterocycles. The third-order valence-corrected chi connectivity index (χ3v) is 3.15. The Kier molecular flexibility index (Phi) is 3.68. The van der Waals surface area contributed by atoms with E-state index in [1.165, 1.54) is 0 Å². The molecule has 0 atom stereocenters. The smallest absolute Gasteiger partial charge is 0.227 e. The minimum Gasteiger partial charge on any atom is -0.343 e. The first kappa shape index (κ1) is 13.1. The molecule has 0 N–H and O–H groups in total. The van der Waals surface area contributed by atoms with Crippen LogP contribution in [0.3, 0.4) is 0 Å². The summed E-state index contributed by atoms with van der Waals surface area (Å²) in [7, 11) is 0. The maximum atomic E-state index is 11.9. The van der Waals surface area contributed by atoms with Gasteiger partial charge in [0.05, 0.1) is 0 Å². The standard InChI is InChI=1S/C13H21N3O2/c1-13(2,3)12-14-10(18-15-12)6-7-11(17)16-8-4-5-9-16/h4-9H2,1-3H3. The molecule has 0 saturated carbocycles. The summed E-state index contributed by atoms with van der Waals surface area (Å²) in [6.45, 7) is 7.91. The van der Waals surface area contributed by atoms with Crippen molar-refractivity contribution in [2.75, 3.05) is 13.1 Å². The summed E-state index contributed by atoms with van der Waals surface area (Å²) in [5, 5.41) is 3.95. The zero-order valence-electron chi connectivity index (χ0n) is 11.4. The van der Waals surface area contributed by atoms with Crippen molar-refractivity contribution in [3.63, 3.8) is 0 Å². The van der Waals surface area contributed by atoms with Gasteiger partial charge in [0.25, 0.3) is 0 Å². The van der Waals surface area contributed by atoms with Crippen molar-refractivity contribution in [2.45, 2.75) is 51.9 Å². The zero-order chi connectivity index (χ0) is 13.2. The predicted molar refractivity (Wildman–Crippen MR) is 67.1 cm³/mol. The van der Waals surface area contributed by atoms with E-state index in [2.05, 4.69) is 10.1 Å². The SMILES string of the molecule is CC(C)(C)c1noc(CCC(=O)N2CCCC2)n1. The van der Waals surface area contributed by atoms with Crippen LogP contribution in [-0.2, 0) is 16.6 Å². The highest BCUT2D eigenvalue weighted by molar-refractivity contribution is 5.76. The molecule has 0 unspecified atom stereocenters. The molecule has 0 spiro atoms. The highest BCUT2D eigenvalue weighted by Crippen LogP contribution is 2.19. The second-order valence-corrected chi connectivity index (χ2v) is 5.85. The Morgan fingerprint density at radius 2 is 2.00 bits per heavy atom. The van der Waals surface area contributed by atoms with Crippen LogP contribution in [0.4, 0.5) is 0 Å². The van der Waals surface area contributed by atoms with E-state index in [1.54, 1.807) is 0 Å². The van der Waals surface area contributed by atoms with E-state index < -0.39 is 0 Å². The number of carbonyl (C=O) groups is 1. The Morgan fingerprint density at radius 1 is 1.33 bits per heavy atom. The summed E-state index contributed by atoms with van der Waals surface area (Å²) < 4.78 is 5.17. The Bertz CT molecular complexity index is 414. The number of aromatic nitrogens is 2. The molecule has 2 rings (SSSR count). The topological polar surface area (TPSA) is 59.2 Å². The van der Waals surface area contributed by atoms with Crippen LogP contribution < -0.4 is 0 Å². The molecular formula is C13H21N3O2. The van der Waals surface area contributed by atoms with E-state index >= 15 is 0 Å². The molecule has 18 heavy (non-hydrogen) atoms. The molecule has 2 heterocycles. The van der Waals surface area contributed by atoms with Crippen LogP contribution in [0.5, 0.6) is 0 Å². The number of hydrogen-bond donors (Lipinski definition) is 0. The second kappa shape index (κ2) is 5.08. The van der Waals surface area contributed by atoms with Gasteiger partial charge in [-0.1, -0.05) is 25.9 Å². The molecule has 1 aliphatic rings. The van der Waals surface area contributed by atoms with Gasteiger partial charge in [0.1, 0.15) is 0 Å². The molecule has 1 aromatic rings. The van der Waals surface area contributed by atoms with Gasteiger partial charge in [-0.05, 0) is 12.8 Å². The van der Waals surface area contributed by atoms with Crippen LogP contribution in [0.2, 0.25) is 0 Å². The summed E-state index contributed by atoms with van der Waals surface area (Å²) in [5.41, 5.74) is -0.110. The summed E-state index contributed by atoms with van der Waals surface area (Å²) in [6, 6.07) is 0. The lowest BCUT2D eigenvalue weighted by Gasteiger charge is -2.14. The fourth-order valence-electron chi connectivity index (χ4n) is 2.00. The van der Waals surface area contributed by atoms with E-state index in [0.29, 0.717) is 24.6 Å². The summed E-state index contributed by atoms with van der Waals surface area (Å²) in [6.07, 6.45) is 3.26. The van der Waals surface area contributed by atoms with Crippen molar-refractivity contribution in [2.24, 2.45) is 0 Å². The van der Waals surface area contributed by atoms with Gasteiger partial charge in [0, 0.05) is 31.3 Å². The predicted octanol–water partition coefficient (Wildman–Crippen LogP) is 1.92. The number of carbonyl (C=O) groups excluding carboxylic acids is 1. The van der Waals surface area contributed by atoms with Crippen molar-refractivity contribution in [1.82, 2.24) is 15.0 Å². The zero-order valence-corrected chi connectivity index (χ0v) is 11.4. The number of aryl methyl sites for hydroxylation is 1. The molecule has 1 fully saturated rings. The summed E-state index contributed by atoms with van der Waals surface area (Å²) in [4.78, 5) is 18.1. The van der Waals surface area contributed by atoms with Crippen molar-refractivity contribution in [3.8, 4) is 0 Å². The van der Waals surface area contributed by atoms with Crippen LogP contribution >= 0.6 is 0 Å². The monoisotopic (exact) mass is 251 g/mol. The van der Waals surface area contributed by atoms with Gasteiger partial charge >= 0.3 is 0 Å². The molecule has 5 heteroatoms.